The number of H-pyrrole nitrogens is 1. The van der Waals surface area contributed by atoms with Crippen molar-refractivity contribution in [2.75, 3.05) is 0 Å². The Morgan fingerprint density at radius 2 is 2.33 bits per heavy atom. The van der Waals surface area contributed by atoms with E-state index < -0.39 is 0 Å². The van der Waals surface area contributed by atoms with Gasteiger partial charge in [0.1, 0.15) is 0 Å². The van der Waals surface area contributed by atoms with Crippen LogP contribution in [0.3, 0.4) is 0 Å². The lowest BCUT2D eigenvalue weighted by Crippen LogP contribution is -2.28. The standard InChI is InChI=1S/C14H15ClN2O/c1-8(18)16-13-4-2-3-10-11-7-9(15)5-6-12(11)17-14(10)13/h5-7,13,17H,2-4H2,1H3,(H,16,18)/t13-/m0/s1. The molecule has 4 heteroatoms. The number of amides is 1. The fourth-order valence-corrected chi connectivity index (χ4v) is 3.00. The Bertz CT molecular complexity index is 618. The Morgan fingerprint density at radius 3 is 3.11 bits per heavy atom. The second-order valence-electron chi connectivity index (χ2n) is 4.85. The van der Waals surface area contributed by atoms with Crippen molar-refractivity contribution in [3.8, 4) is 0 Å². The highest BCUT2D eigenvalue weighted by atomic mass is 35.5. The van der Waals surface area contributed by atoms with Gasteiger partial charge < -0.3 is 10.3 Å². The Kier molecular flexibility index (Phi) is 2.78. The topological polar surface area (TPSA) is 44.9 Å². The van der Waals surface area contributed by atoms with E-state index in [4.69, 9.17) is 11.6 Å². The van der Waals surface area contributed by atoms with E-state index in [2.05, 4.69) is 10.3 Å². The molecule has 0 unspecified atom stereocenters. The van der Waals surface area contributed by atoms with Crippen molar-refractivity contribution < 1.29 is 4.79 Å². The minimum atomic E-state index is 0.0181. The normalized spacial score (nSPS) is 18.7. The van der Waals surface area contributed by atoms with Crippen LogP contribution >= 0.6 is 11.6 Å². The lowest BCUT2D eigenvalue weighted by Gasteiger charge is -2.23. The third-order valence-corrected chi connectivity index (χ3v) is 3.78. The third-order valence-electron chi connectivity index (χ3n) is 3.55. The van der Waals surface area contributed by atoms with Crippen LogP contribution in [0.25, 0.3) is 10.9 Å². The lowest BCUT2D eigenvalue weighted by atomic mass is 9.91. The molecular weight excluding hydrogens is 248 g/mol. The van der Waals surface area contributed by atoms with Crippen LogP contribution in [-0.4, -0.2) is 10.9 Å². The first-order chi connectivity index (χ1) is 8.65. The zero-order valence-electron chi connectivity index (χ0n) is 10.2. The zero-order chi connectivity index (χ0) is 12.7. The van der Waals surface area contributed by atoms with Crippen LogP contribution in [-0.2, 0) is 11.2 Å². The van der Waals surface area contributed by atoms with Gasteiger partial charge in [-0.15, -0.1) is 0 Å². The van der Waals surface area contributed by atoms with Crippen molar-refractivity contribution in [2.45, 2.75) is 32.2 Å². The molecule has 0 aliphatic heterocycles. The number of aryl methyl sites for hydroxylation is 1. The molecule has 3 nitrogen and oxygen atoms in total. The van der Waals surface area contributed by atoms with Gasteiger partial charge in [0.25, 0.3) is 0 Å². The number of rotatable bonds is 1. The van der Waals surface area contributed by atoms with Crippen LogP contribution in [0.5, 0.6) is 0 Å². The van der Waals surface area contributed by atoms with E-state index in [0.717, 1.165) is 35.5 Å². The summed E-state index contributed by atoms with van der Waals surface area (Å²) in [5, 5.41) is 4.95. The number of benzene rings is 1. The number of hydrogen-bond donors (Lipinski definition) is 2. The van der Waals surface area contributed by atoms with Crippen molar-refractivity contribution in [1.29, 1.82) is 0 Å². The molecule has 0 bridgehead atoms. The molecule has 1 aromatic heterocycles. The average Bonchev–Trinajstić information content (AvgIpc) is 2.68. The molecule has 18 heavy (non-hydrogen) atoms. The second-order valence-corrected chi connectivity index (χ2v) is 5.29. The van der Waals surface area contributed by atoms with Crippen molar-refractivity contribution in [1.82, 2.24) is 10.3 Å². The number of fused-ring (bicyclic) bond motifs is 3. The van der Waals surface area contributed by atoms with Gasteiger partial charge in [-0.05, 0) is 43.0 Å². The van der Waals surface area contributed by atoms with Crippen LogP contribution < -0.4 is 5.32 Å². The Morgan fingerprint density at radius 1 is 1.50 bits per heavy atom. The van der Waals surface area contributed by atoms with E-state index in [1.807, 2.05) is 18.2 Å². The predicted molar refractivity (Wildman–Crippen MR) is 72.8 cm³/mol. The molecule has 3 rings (SSSR count). The van der Waals surface area contributed by atoms with E-state index in [1.54, 1.807) is 6.92 Å². The summed E-state index contributed by atoms with van der Waals surface area (Å²) in [4.78, 5) is 14.7. The summed E-state index contributed by atoms with van der Waals surface area (Å²) in [6, 6.07) is 6.00. The van der Waals surface area contributed by atoms with E-state index in [9.17, 15) is 4.79 Å². The molecule has 2 aromatic rings. The molecule has 1 aromatic carbocycles. The van der Waals surface area contributed by atoms with Gasteiger partial charge in [0, 0.05) is 28.5 Å². The summed E-state index contributed by atoms with van der Waals surface area (Å²) in [6.45, 7) is 1.56. The van der Waals surface area contributed by atoms with Gasteiger partial charge in [0.05, 0.1) is 6.04 Å². The summed E-state index contributed by atoms with van der Waals surface area (Å²) >= 11 is 6.06. The number of aromatic nitrogens is 1. The minimum absolute atomic E-state index is 0.0181. The summed E-state index contributed by atoms with van der Waals surface area (Å²) in [7, 11) is 0. The molecule has 94 valence electrons. The van der Waals surface area contributed by atoms with Gasteiger partial charge in [0.2, 0.25) is 5.91 Å². The fourth-order valence-electron chi connectivity index (χ4n) is 2.82. The van der Waals surface area contributed by atoms with E-state index >= 15 is 0 Å². The first-order valence-electron chi connectivity index (χ1n) is 6.22. The average molecular weight is 263 g/mol. The van der Waals surface area contributed by atoms with E-state index in [1.165, 1.54) is 10.9 Å². The molecule has 0 spiro atoms. The quantitative estimate of drug-likeness (QED) is 0.813. The first-order valence-corrected chi connectivity index (χ1v) is 6.60. The van der Waals surface area contributed by atoms with Gasteiger partial charge in [0.15, 0.2) is 0 Å². The van der Waals surface area contributed by atoms with Gasteiger partial charge in [-0.25, -0.2) is 0 Å². The highest BCUT2D eigenvalue weighted by Crippen LogP contribution is 2.35. The van der Waals surface area contributed by atoms with Crippen LogP contribution in [0.4, 0.5) is 0 Å². The summed E-state index contributed by atoms with van der Waals surface area (Å²) in [6.07, 6.45) is 3.14. The second kappa shape index (κ2) is 4.32. The molecule has 1 aliphatic carbocycles. The number of carbonyl (C=O) groups is 1. The van der Waals surface area contributed by atoms with Crippen LogP contribution in [0.1, 0.15) is 37.1 Å². The smallest absolute Gasteiger partial charge is 0.217 e. The largest absolute Gasteiger partial charge is 0.356 e. The molecule has 0 saturated heterocycles. The van der Waals surface area contributed by atoms with Crippen molar-refractivity contribution in [2.24, 2.45) is 0 Å². The SMILES string of the molecule is CC(=O)N[C@H]1CCCc2c1[nH]c1ccc(Cl)cc21. The van der Waals surface area contributed by atoms with Gasteiger partial charge in [-0.3, -0.25) is 4.79 Å². The van der Waals surface area contributed by atoms with Crippen LogP contribution in [0, 0.1) is 0 Å². The Balaban J connectivity index is 2.12. The number of nitrogens with one attached hydrogen (secondary N) is 2. The lowest BCUT2D eigenvalue weighted by molar-refractivity contribution is -0.119. The summed E-state index contributed by atoms with van der Waals surface area (Å²) in [5.41, 5.74) is 3.55. The molecule has 0 radical (unpaired) electrons. The van der Waals surface area contributed by atoms with Gasteiger partial charge in [-0.1, -0.05) is 11.6 Å². The minimum Gasteiger partial charge on any atom is -0.356 e. The maximum absolute atomic E-state index is 11.2. The highest BCUT2D eigenvalue weighted by Gasteiger charge is 2.24. The van der Waals surface area contributed by atoms with Crippen LogP contribution in [0.15, 0.2) is 18.2 Å². The molecular formula is C14H15ClN2O. The monoisotopic (exact) mass is 262 g/mol. The first kappa shape index (κ1) is 11.6. The predicted octanol–water partition coefficient (Wildman–Crippen LogP) is 3.33. The molecule has 0 saturated carbocycles. The Hall–Kier alpha value is -1.48. The number of halogens is 1. The van der Waals surface area contributed by atoms with Crippen LogP contribution in [0.2, 0.25) is 5.02 Å². The van der Waals surface area contributed by atoms with Gasteiger partial charge >= 0.3 is 0 Å². The molecule has 1 heterocycles. The Labute approximate surface area is 111 Å². The van der Waals surface area contributed by atoms with Crippen molar-refractivity contribution >= 4 is 28.4 Å². The van der Waals surface area contributed by atoms with Crippen molar-refractivity contribution in [3.05, 3.63) is 34.5 Å². The summed E-state index contributed by atoms with van der Waals surface area (Å²) < 4.78 is 0. The zero-order valence-corrected chi connectivity index (χ0v) is 11.0. The fraction of sp³-hybridized carbons (Fsp3) is 0.357. The number of aromatic amines is 1. The van der Waals surface area contributed by atoms with Crippen molar-refractivity contribution in [3.63, 3.8) is 0 Å². The third kappa shape index (κ3) is 1.89. The summed E-state index contributed by atoms with van der Waals surface area (Å²) in [5.74, 6) is 0.0181. The van der Waals surface area contributed by atoms with Gasteiger partial charge in [-0.2, -0.15) is 0 Å². The molecule has 1 atom stereocenters. The molecule has 2 N–H and O–H groups in total. The van der Waals surface area contributed by atoms with E-state index in [-0.39, 0.29) is 11.9 Å². The molecule has 1 amide bonds. The maximum atomic E-state index is 11.2. The molecule has 1 aliphatic rings. The van der Waals surface area contributed by atoms with E-state index in [0.29, 0.717) is 0 Å². The highest BCUT2D eigenvalue weighted by molar-refractivity contribution is 6.31. The maximum Gasteiger partial charge on any atom is 0.217 e. The number of hydrogen-bond acceptors (Lipinski definition) is 1. The number of carbonyl (C=O) groups excluding carboxylic acids is 1. The molecule has 0 fully saturated rings.